The number of carbonyl (C=O) groups is 4. The highest BCUT2D eigenvalue weighted by molar-refractivity contribution is 9.09. The molecule has 3 fully saturated rings. The second kappa shape index (κ2) is 15.8. The number of anilines is 1. The summed E-state index contributed by atoms with van der Waals surface area (Å²) in [5.74, 6) is -3.25. The van der Waals surface area contributed by atoms with E-state index < -0.39 is 47.5 Å². The number of ether oxygens (including phenoxy) is 2. The summed E-state index contributed by atoms with van der Waals surface area (Å²) in [6.45, 7) is 11.8. The fourth-order valence-electron chi connectivity index (χ4n) is 7.58. The Kier molecular flexibility index (Phi) is 11.8. The van der Waals surface area contributed by atoms with Crippen molar-refractivity contribution in [3.63, 3.8) is 0 Å². The second-order valence-electron chi connectivity index (χ2n) is 13.1. The number of benzene rings is 2. The molecule has 5 rings (SSSR count). The van der Waals surface area contributed by atoms with Crippen molar-refractivity contribution in [2.24, 2.45) is 11.8 Å². The Morgan fingerprint density at radius 1 is 1.16 bits per heavy atom. The normalized spacial score (nSPS) is 25.8. The van der Waals surface area contributed by atoms with E-state index in [2.05, 4.69) is 34.4 Å². The van der Waals surface area contributed by atoms with Crippen LogP contribution in [0.1, 0.15) is 54.8 Å². The zero-order valence-corrected chi connectivity index (χ0v) is 29.8. The number of nitrogens with zero attached hydrogens (tertiary/aromatic N) is 2. The Balaban J connectivity index is 1.49. The summed E-state index contributed by atoms with van der Waals surface area (Å²) >= 11 is 3.75. The molecule has 3 amide bonds. The van der Waals surface area contributed by atoms with Crippen molar-refractivity contribution in [3.05, 3.63) is 90.5 Å². The van der Waals surface area contributed by atoms with Gasteiger partial charge in [0.1, 0.15) is 18.2 Å². The molecular formula is C38H46BrN3O7. The number of aryl methyl sites for hydroxylation is 2. The summed E-state index contributed by atoms with van der Waals surface area (Å²) < 4.78 is 12.3. The fourth-order valence-corrected chi connectivity index (χ4v) is 8.52. The number of allylic oxidation sites excluding steroid dienone is 1. The van der Waals surface area contributed by atoms with Crippen LogP contribution in [0.15, 0.2) is 73.8 Å². The zero-order valence-electron chi connectivity index (χ0n) is 28.2. The van der Waals surface area contributed by atoms with Crippen LogP contribution in [0.3, 0.4) is 0 Å². The number of hydrogen-bond acceptors (Lipinski definition) is 7. The second-order valence-corrected chi connectivity index (χ2v) is 14.3. The van der Waals surface area contributed by atoms with Crippen LogP contribution in [0, 0.1) is 25.7 Å². The van der Waals surface area contributed by atoms with Crippen molar-refractivity contribution in [3.8, 4) is 0 Å². The minimum atomic E-state index is -1.26. The topological polar surface area (TPSA) is 125 Å². The van der Waals surface area contributed by atoms with Gasteiger partial charge in [-0.3, -0.25) is 19.2 Å². The third kappa shape index (κ3) is 7.25. The van der Waals surface area contributed by atoms with Crippen LogP contribution in [0.5, 0.6) is 0 Å². The first-order valence-corrected chi connectivity index (χ1v) is 17.8. The molecule has 3 aliphatic rings. The van der Waals surface area contributed by atoms with Gasteiger partial charge in [0, 0.05) is 36.6 Å². The van der Waals surface area contributed by atoms with Crippen molar-refractivity contribution < 1.29 is 33.8 Å². The number of hydrogen-bond donors (Lipinski definition) is 2. The van der Waals surface area contributed by atoms with Gasteiger partial charge in [0.25, 0.3) is 5.91 Å². The van der Waals surface area contributed by atoms with Crippen LogP contribution >= 0.6 is 15.9 Å². The molecule has 1 spiro atoms. The van der Waals surface area contributed by atoms with Gasteiger partial charge in [0.15, 0.2) is 0 Å². The monoisotopic (exact) mass is 735 g/mol. The molecule has 0 aromatic heterocycles. The number of amides is 3. The number of unbranched alkanes of at least 4 members (excludes halogenated alkanes) is 1. The van der Waals surface area contributed by atoms with Crippen LogP contribution in [0.25, 0.3) is 0 Å². The third-order valence-corrected chi connectivity index (χ3v) is 10.7. The van der Waals surface area contributed by atoms with E-state index in [0.29, 0.717) is 25.7 Å². The summed E-state index contributed by atoms with van der Waals surface area (Å²) in [5, 5.41) is 12.6. The highest BCUT2D eigenvalue weighted by Crippen LogP contribution is 2.60. The summed E-state index contributed by atoms with van der Waals surface area (Å²) in [6, 6.07) is 13.4. The van der Waals surface area contributed by atoms with Gasteiger partial charge in [0.2, 0.25) is 11.8 Å². The number of aliphatic hydroxyl groups is 1. The van der Waals surface area contributed by atoms with Crippen LogP contribution < -0.4 is 10.2 Å². The van der Waals surface area contributed by atoms with E-state index in [9.17, 15) is 24.3 Å². The van der Waals surface area contributed by atoms with Crippen molar-refractivity contribution in [2.45, 2.75) is 74.6 Å². The third-order valence-electron chi connectivity index (χ3n) is 9.85. The lowest BCUT2D eigenvalue weighted by Gasteiger charge is -2.37. The SMILES string of the molecule is C=CCCC(=O)OC[C@@H](NC(=O)[C@H]1[C@@H]2O[C@@]3(CC2Br)[C@@H]1C(=O)N(CCCCO)[C@@H]3C(=O)N(CC=C)c1cc(C)ccc1C)c1ccccc1. The van der Waals surface area contributed by atoms with E-state index in [0.717, 1.165) is 22.4 Å². The molecule has 2 N–H and O–H groups in total. The van der Waals surface area contributed by atoms with Crippen LogP contribution in [0.2, 0.25) is 0 Å². The lowest BCUT2D eigenvalue weighted by molar-refractivity contribution is -0.145. The molecule has 3 aliphatic heterocycles. The molecule has 262 valence electrons. The minimum Gasteiger partial charge on any atom is -0.463 e. The number of alkyl halides is 1. The van der Waals surface area contributed by atoms with Gasteiger partial charge in [-0.2, -0.15) is 0 Å². The van der Waals surface area contributed by atoms with Crippen molar-refractivity contribution in [2.75, 3.05) is 31.2 Å². The lowest BCUT2D eigenvalue weighted by Crippen LogP contribution is -2.57. The Hall–Kier alpha value is -3.80. The molecule has 2 aromatic rings. The molecule has 2 bridgehead atoms. The molecular weight excluding hydrogens is 690 g/mol. The number of fused-ring (bicyclic) bond motifs is 1. The molecule has 10 nitrogen and oxygen atoms in total. The van der Waals surface area contributed by atoms with Gasteiger partial charge in [-0.15, -0.1) is 13.2 Å². The average molecular weight is 737 g/mol. The molecule has 3 heterocycles. The fraction of sp³-hybridized carbons (Fsp3) is 0.474. The van der Waals surface area contributed by atoms with Gasteiger partial charge in [-0.05, 0) is 62.3 Å². The van der Waals surface area contributed by atoms with Gasteiger partial charge >= 0.3 is 5.97 Å². The molecule has 1 unspecified atom stereocenters. The number of halogens is 1. The van der Waals surface area contributed by atoms with Crippen LogP contribution in [-0.4, -0.2) is 82.6 Å². The number of carbonyl (C=O) groups excluding carboxylic acids is 4. The van der Waals surface area contributed by atoms with Gasteiger partial charge in [-0.1, -0.05) is 70.5 Å². The Morgan fingerprint density at radius 3 is 2.61 bits per heavy atom. The Bertz CT molecular complexity index is 1570. The highest BCUT2D eigenvalue weighted by Gasteiger charge is 2.76. The van der Waals surface area contributed by atoms with E-state index in [1.54, 1.807) is 22.0 Å². The molecule has 3 saturated heterocycles. The molecule has 11 heteroatoms. The number of rotatable bonds is 16. The van der Waals surface area contributed by atoms with Crippen LogP contribution in [0.4, 0.5) is 5.69 Å². The van der Waals surface area contributed by atoms with E-state index in [1.807, 2.05) is 62.4 Å². The number of likely N-dealkylation sites (tertiary alicyclic amines) is 1. The number of esters is 1. The first-order valence-electron chi connectivity index (χ1n) is 16.9. The van der Waals surface area contributed by atoms with E-state index in [1.165, 1.54) is 0 Å². The summed E-state index contributed by atoms with van der Waals surface area (Å²) in [7, 11) is 0. The van der Waals surface area contributed by atoms with Crippen molar-refractivity contribution in [1.82, 2.24) is 10.2 Å². The average Bonchev–Trinajstić information content (AvgIpc) is 3.69. The number of nitrogens with one attached hydrogen (secondary N) is 1. The largest absolute Gasteiger partial charge is 0.463 e. The Labute approximate surface area is 296 Å². The highest BCUT2D eigenvalue weighted by atomic mass is 79.9. The van der Waals surface area contributed by atoms with Gasteiger partial charge in [-0.25, -0.2) is 0 Å². The van der Waals surface area contributed by atoms with E-state index in [-0.39, 0.29) is 49.4 Å². The van der Waals surface area contributed by atoms with Gasteiger partial charge in [0.05, 0.1) is 24.0 Å². The molecule has 2 aromatic carbocycles. The lowest BCUT2D eigenvalue weighted by atomic mass is 9.70. The molecule has 0 saturated carbocycles. The predicted octanol–water partition coefficient (Wildman–Crippen LogP) is 4.71. The Morgan fingerprint density at radius 2 is 1.92 bits per heavy atom. The van der Waals surface area contributed by atoms with Crippen molar-refractivity contribution >= 4 is 45.3 Å². The minimum absolute atomic E-state index is 0.0492. The molecule has 0 aliphatic carbocycles. The summed E-state index contributed by atoms with van der Waals surface area (Å²) in [5.41, 5.74) is 2.08. The maximum Gasteiger partial charge on any atom is 0.306 e. The quantitative estimate of drug-likeness (QED) is 0.111. The standard InChI is InChI=1S/C38H46BrN3O7/c1-5-7-15-30(44)48-23-28(26-13-9-8-10-14-26)40-35(45)31-32-36(46)42(19-11-12-20-43)34(38(32)22-27(39)33(31)49-38)37(47)41(18-6-2)29-21-24(3)16-17-25(29)4/h5-6,8-10,13-14,16-17,21,27-28,31-34,43H,1-2,7,11-12,15,18-20,22-23H2,3-4H3,(H,40,45)/t27?,28-,31-,32+,33-,34-,38+/m1/s1. The molecule has 0 radical (unpaired) electrons. The smallest absolute Gasteiger partial charge is 0.306 e. The maximum atomic E-state index is 14.9. The number of aliphatic hydroxyl groups excluding tert-OH is 1. The van der Waals surface area contributed by atoms with Gasteiger partial charge < -0.3 is 29.7 Å². The zero-order chi connectivity index (χ0) is 35.3. The first kappa shape index (κ1) is 36.5. The van der Waals surface area contributed by atoms with Crippen molar-refractivity contribution in [1.29, 1.82) is 0 Å². The van der Waals surface area contributed by atoms with E-state index in [4.69, 9.17) is 9.47 Å². The summed E-state index contributed by atoms with van der Waals surface area (Å²) in [6.07, 6.45) is 4.58. The summed E-state index contributed by atoms with van der Waals surface area (Å²) in [4.78, 5) is 59.1. The first-order chi connectivity index (χ1) is 23.6. The maximum absolute atomic E-state index is 14.9. The molecule has 49 heavy (non-hydrogen) atoms. The van der Waals surface area contributed by atoms with E-state index >= 15 is 0 Å². The predicted molar refractivity (Wildman–Crippen MR) is 190 cm³/mol. The molecule has 7 atom stereocenters. The van der Waals surface area contributed by atoms with Crippen LogP contribution in [-0.2, 0) is 28.7 Å².